The van der Waals surface area contributed by atoms with Crippen LogP contribution in [0.25, 0.3) is 0 Å². The van der Waals surface area contributed by atoms with Gasteiger partial charge in [0, 0.05) is 45.3 Å². The molecule has 1 aromatic rings. The number of nitrogens with one attached hydrogen (secondary N) is 2. The molecular formula is C25H33F2N5O6. The Balaban J connectivity index is 1.39. The Morgan fingerprint density at radius 2 is 1.79 bits per heavy atom. The first kappa shape index (κ1) is 26.9. The van der Waals surface area contributed by atoms with Crippen LogP contribution in [0.2, 0.25) is 0 Å². The molecule has 1 aromatic carbocycles. The average Bonchev–Trinajstić information content (AvgIpc) is 3.37. The fraction of sp³-hybridized carbons (Fsp3) is 0.640. The average molecular weight is 538 g/mol. The monoisotopic (exact) mass is 537 g/mol. The highest BCUT2D eigenvalue weighted by Gasteiger charge is 2.46. The van der Waals surface area contributed by atoms with Gasteiger partial charge in [-0.15, -0.1) is 0 Å². The molecule has 0 spiro atoms. The molecule has 4 heterocycles. The van der Waals surface area contributed by atoms with Crippen molar-refractivity contribution in [1.82, 2.24) is 25.3 Å². The number of carbonyl (C=O) groups excluding carboxylic acids is 3. The molecule has 0 saturated carbocycles. The van der Waals surface area contributed by atoms with Gasteiger partial charge in [0.2, 0.25) is 17.7 Å². The van der Waals surface area contributed by atoms with Gasteiger partial charge in [-0.2, -0.15) is 0 Å². The minimum Gasteiger partial charge on any atom is -0.388 e. The molecule has 0 unspecified atom stereocenters. The first-order valence-corrected chi connectivity index (χ1v) is 12.9. The number of rotatable bonds is 2. The number of likely N-dealkylation sites (N-methyl/N-ethyl adjacent to an activating group) is 1. The molecule has 38 heavy (non-hydrogen) atoms. The molecule has 4 aliphatic heterocycles. The number of piperazine rings is 1. The van der Waals surface area contributed by atoms with Crippen molar-refractivity contribution in [2.24, 2.45) is 0 Å². The highest BCUT2D eigenvalue weighted by atomic mass is 19.2. The third kappa shape index (κ3) is 5.38. The Morgan fingerprint density at radius 3 is 2.55 bits per heavy atom. The fourth-order valence-electron chi connectivity index (χ4n) is 5.89. The zero-order valence-electron chi connectivity index (χ0n) is 21.1. The summed E-state index contributed by atoms with van der Waals surface area (Å²) in [6.07, 6.45) is -4.23. The maximum Gasteiger partial charge on any atom is 0.240 e. The molecule has 6 bridgehead atoms. The van der Waals surface area contributed by atoms with E-state index < -0.39 is 54.0 Å². The van der Waals surface area contributed by atoms with E-state index in [1.54, 1.807) is 16.8 Å². The lowest BCUT2D eigenvalue weighted by molar-refractivity contribution is -0.142. The van der Waals surface area contributed by atoms with Crippen LogP contribution in [0.1, 0.15) is 18.4 Å². The number of halogens is 2. The van der Waals surface area contributed by atoms with Gasteiger partial charge in [-0.05, 0) is 31.2 Å². The molecule has 4 N–H and O–H groups in total. The highest BCUT2D eigenvalue weighted by molar-refractivity contribution is 5.86. The topological polar surface area (TPSA) is 135 Å². The molecule has 4 aliphatic rings. The van der Waals surface area contributed by atoms with Gasteiger partial charge in [0.25, 0.3) is 0 Å². The maximum atomic E-state index is 13.8. The van der Waals surface area contributed by atoms with Gasteiger partial charge in [0.1, 0.15) is 24.4 Å². The minimum absolute atomic E-state index is 0.0784. The van der Waals surface area contributed by atoms with Gasteiger partial charge >= 0.3 is 0 Å². The van der Waals surface area contributed by atoms with Crippen molar-refractivity contribution in [2.45, 2.75) is 61.9 Å². The summed E-state index contributed by atoms with van der Waals surface area (Å²) in [5.74, 6) is -2.87. The number of amides is 3. The summed E-state index contributed by atoms with van der Waals surface area (Å²) in [5, 5.41) is 26.5. The van der Waals surface area contributed by atoms with Gasteiger partial charge in [0.15, 0.2) is 11.6 Å². The molecule has 7 atom stereocenters. The Labute approximate surface area is 218 Å². The third-order valence-corrected chi connectivity index (χ3v) is 8.00. The standard InChI is InChI=1S/C25H33F2N5O6/c1-30-11-14-7-17(30)25(37)32-5-4-31(10-13-2-3-15(26)16(27)6-13)18(12-32)24(36)28-9-20-23(35)22(34)19(38-20)8-21(33)29-14/h2-3,6,14,17-20,22-23,34-35H,4-5,7-12H2,1H3,(H,28,36)(H,29,33)/t14-,17-,18-,19-,20+,22-,23+/m0/s1. The van der Waals surface area contributed by atoms with E-state index in [1.807, 2.05) is 4.90 Å². The number of fused-ring (bicyclic) bond motifs is 6. The van der Waals surface area contributed by atoms with Crippen molar-refractivity contribution in [2.75, 3.05) is 39.8 Å². The number of aliphatic hydroxyl groups is 2. The number of hydrogen-bond donors (Lipinski definition) is 4. The summed E-state index contributed by atoms with van der Waals surface area (Å²) >= 11 is 0. The van der Waals surface area contributed by atoms with Crippen LogP contribution in [-0.4, -0.2) is 125 Å². The predicted molar refractivity (Wildman–Crippen MR) is 128 cm³/mol. The highest BCUT2D eigenvalue weighted by Crippen LogP contribution is 2.26. The number of carbonyl (C=O) groups is 3. The summed E-state index contributed by atoms with van der Waals surface area (Å²) in [7, 11) is 1.80. The number of ether oxygens (including phenoxy) is 1. The van der Waals surface area contributed by atoms with Gasteiger partial charge < -0.3 is 30.5 Å². The number of hydrogen-bond acceptors (Lipinski definition) is 8. The summed E-state index contributed by atoms with van der Waals surface area (Å²) in [6.45, 7) is 1.25. The Kier molecular flexibility index (Phi) is 7.65. The Morgan fingerprint density at radius 1 is 1.03 bits per heavy atom. The van der Waals surface area contributed by atoms with Crippen LogP contribution in [0.5, 0.6) is 0 Å². The lowest BCUT2D eigenvalue weighted by Gasteiger charge is -2.42. The SMILES string of the molecule is CN1C[C@@H]2C[C@H]1C(=O)N1CCN(Cc3ccc(F)c(F)c3)[C@@H](C1)C(=O)NC[C@H]1O[C@@H](CC(=O)N2)[C@H](O)[C@@H]1O. The summed E-state index contributed by atoms with van der Waals surface area (Å²) in [5.41, 5.74) is 0.484. The van der Waals surface area contributed by atoms with E-state index in [1.165, 1.54) is 6.07 Å². The maximum absolute atomic E-state index is 13.8. The first-order valence-electron chi connectivity index (χ1n) is 12.9. The van der Waals surface area contributed by atoms with Crippen LogP contribution in [0.4, 0.5) is 8.78 Å². The van der Waals surface area contributed by atoms with Gasteiger partial charge in [-0.3, -0.25) is 24.2 Å². The third-order valence-electron chi connectivity index (χ3n) is 8.00. The molecule has 11 nitrogen and oxygen atoms in total. The Bertz CT molecular complexity index is 1090. The summed E-state index contributed by atoms with van der Waals surface area (Å²) in [4.78, 5) is 44.8. The molecule has 0 radical (unpaired) electrons. The van der Waals surface area contributed by atoms with Crippen molar-refractivity contribution in [3.8, 4) is 0 Å². The minimum atomic E-state index is -1.30. The van der Waals surface area contributed by atoms with Crippen LogP contribution in [0.3, 0.4) is 0 Å². The van der Waals surface area contributed by atoms with Gasteiger partial charge in [-0.1, -0.05) is 6.07 Å². The van der Waals surface area contributed by atoms with E-state index in [9.17, 15) is 33.4 Å². The molecule has 5 rings (SSSR count). The smallest absolute Gasteiger partial charge is 0.240 e. The number of nitrogens with zero attached hydrogens (tertiary/aromatic N) is 3. The van der Waals surface area contributed by atoms with Crippen molar-refractivity contribution in [3.63, 3.8) is 0 Å². The van der Waals surface area contributed by atoms with Crippen LogP contribution >= 0.6 is 0 Å². The van der Waals surface area contributed by atoms with Crippen molar-refractivity contribution in [1.29, 1.82) is 0 Å². The van der Waals surface area contributed by atoms with Crippen molar-refractivity contribution in [3.05, 3.63) is 35.4 Å². The van der Waals surface area contributed by atoms with Gasteiger partial charge in [-0.25, -0.2) is 8.78 Å². The summed E-state index contributed by atoms with van der Waals surface area (Å²) in [6, 6.07) is 2.03. The lowest BCUT2D eigenvalue weighted by Crippen LogP contribution is -2.62. The van der Waals surface area contributed by atoms with Crippen LogP contribution in [0, 0.1) is 11.6 Å². The van der Waals surface area contributed by atoms with Crippen LogP contribution < -0.4 is 10.6 Å². The van der Waals surface area contributed by atoms with E-state index in [4.69, 9.17) is 4.74 Å². The fourth-order valence-corrected chi connectivity index (χ4v) is 5.89. The molecule has 13 heteroatoms. The predicted octanol–water partition coefficient (Wildman–Crippen LogP) is -1.82. The van der Waals surface area contributed by atoms with Crippen molar-refractivity contribution >= 4 is 17.7 Å². The van der Waals surface area contributed by atoms with E-state index in [0.29, 0.717) is 31.6 Å². The molecular weight excluding hydrogens is 504 g/mol. The number of aliphatic hydroxyl groups excluding tert-OH is 2. The Hall–Kier alpha value is -2.71. The zero-order valence-corrected chi connectivity index (χ0v) is 21.1. The van der Waals surface area contributed by atoms with E-state index in [2.05, 4.69) is 10.6 Å². The summed E-state index contributed by atoms with van der Waals surface area (Å²) < 4.78 is 33.0. The molecule has 208 valence electrons. The van der Waals surface area contributed by atoms with E-state index in [0.717, 1.165) is 12.1 Å². The second-order valence-electron chi connectivity index (χ2n) is 10.6. The number of likely N-dealkylation sites (tertiary alicyclic amines) is 1. The van der Waals surface area contributed by atoms with E-state index >= 15 is 0 Å². The lowest BCUT2D eigenvalue weighted by atomic mass is 10.0. The quantitative estimate of drug-likeness (QED) is 0.347. The van der Waals surface area contributed by atoms with Crippen LogP contribution in [-0.2, 0) is 25.7 Å². The molecule has 4 saturated heterocycles. The normalized spacial score (nSPS) is 35.3. The van der Waals surface area contributed by atoms with Crippen molar-refractivity contribution < 1.29 is 38.1 Å². The second-order valence-corrected chi connectivity index (χ2v) is 10.6. The number of benzene rings is 1. The molecule has 0 aromatic heterocycles. The van der Waals surface area contributed by atoms with E-state index in [-0.39, 0.29) is 43.9 Å². The molecule has 3 amide bonds. The van der Waals surface area contributed by atoms with Gasteiger partial charge in [0.05, 0.1) is 18.6 Å². The molecule has 0 aliphatic carbocycles. The zero-order chi connectivity index (χ0) is 27.1. The second kappa shape index (κ2) is 10.8. The molecule has 4 fully saturated rings. The van der Waals surface area contributed by atoms with Crippen LogP contribution in [0.15, 0.2) is 18.2 Å². The first-order chi connectivity index (χ1) is 18.1. The largest absolute Gasteiger partial charge is 0.388 e.